The van der Waals surface area contributed by atoms with Crippen LogP contribution >= 0.6 is 0 Å². The molecule has 1 aromatic heterocycles. The maximum atomic E-state index is 13.1. The molecule has 2 aromatic carbocycles. The minimum atomic E-state index is -0.353. The summed E-state index contributed by atoms with van der Waals surface area (Å²) in [5.74, 6) is -0.0882. The van der Waals surface area contributed by atoms with Crippen LogP contribution in [-0.4, -0.2) is 21.1 Å². The summed E-state index contributed by atoms with van der Waals surface area (Å²) in [6, 6.07) is 13.3. The van der Waals surface area contributed by atoms with Crippen LogP contribution in [0.5, 0.6) is 5.75 Å². The van der Waals surface area contributed by atoms with Crippen molar-refractivity contribution < 1.29 is 9.50 Å². The van der Waals surface area contributed by atoms with Gasteiger partial charge in [0.15, 0.2) is 5.82 Å². The number of hydrazine groups is 1. The van der Waals surface area contributed by atoms with Gasteiger partial charge in [0.25, 0.3) is 0 Å². The molecule has 6 nitrogen and oxygen atoms in total. The average Bonchev–Trinajstić information content (AvgIpc) is 3.27. The molecule has 1 aliphatic heterocycles. The molecule has 2 unspecified atom stereocenters. The number of phenols is 1. The fourth-order valence-electron chi connectivity index (χ4n) is 3.17. The van der Waals surface area contributed by atoms with Gasteiger partial charge in [-0.2, -0.15) is 5.10 Å². The van der Waals surface area contributed by atoms with Gasteiger partial charge >= 0.3 is 0 Å². The van der Waals surface area contributed by atoms with E-state index in [2.05, 4.69) is 21.3 Å². The predicted octanol–water partition coefficient (Wildman–Crippen LogP) is 3.00. The summed E-state index contributed by atoms with van der Waals surface area (Å²) >= 11 is 0. The van der Waals surface area contributed by atoms with E-state index in [1.54, 1.807) is 12.1 Å². The minimum absolute atomic E-state index is 0.0723. The second kappa shape index (κ2) is 6.78. The highest BCUT2D eigenvalue weighted by Crippen LogP contribution is 2.26. The molecule has 2 atom stereocenters. The van der Waals surface area contributed by atoms with Crippen LogP contribution in [0.15, 0.2) is 54.9 Å². The van der Waals surface area contributed by atoms with Crippen molar-refractivity contribution >= 4 is 5.69 Å². The molecule has 4 N–H and O–H groups in total. The first-order valence-electron chi connectivity index (χ1n) is 8.46. The van der Waals surface area contributed by atoms with E-state index >= 15 is 0 Å². The molecule has 3 aromatic rings. The summed E-state index contributed by atoms with van der Waals surface area (Å²) in [5.41, 5.74) is 10.5. The number of aryl methyl sites for hydroxylation is 1. The van der Waals surface area contributed by atoms with Gasteiger partial charge in [0.2, 0.25) is 0 Å². The first kappa shape index (κ1) is 16.6. The first-order chi connectivity index (χ1) is 12.6. The van der Waals surface area contributed by atoms with Crippen LogP contribution in [0.4, 0.5) is 10.1 Å². The summed E-state index contributed by atoms with van der Waals surface area (Å²) in [7, 11) is 0. The fraction of sp³-hybridized carbons (Fsp3) is 0.211. The van der Waals surface area contributed by atoms with Gasteiger partial charge in [0, 0.05) is 18.2 Å². The van der Waals surface area contributed by atoms with Gasteiger partial charge in [-0.15, -0.1) is 0 Å². The zero-order valence-electron chi connectivity index (χ0n) is 14.3. The molecule has 134 valence electrons. The number of aromatic hydroxyl groups is 1. The second-order valence-electron chi connectivity index (χ2n) is 6.47. The third-order valence-electron chi connectivity index (χ3n) is 4.55. The van der Waals surface area contributed by atoms with E-state index in [0.717, 1.165) is 28.9 Å². The molecule has 4 rings (SSSR count). The SMILES string of the molecule is Cc1cc(O)ccc1NC1CC(c2ccc(-n3cc(F)cn3)cc2)NN1. The number of benzene rings is 2. The van der Waals surface area contributed by atoms with Crippen LogP contribution in [0.2, 0.25) is 0 Å². The monoisotopic (exact) mass is 353 g/mol. The van der Waals surface area contributed by atoms with Crippen molar-refractivity contribution in [1.29, 1.82) is 0 Å². The van der Waals surface area contributed by atoms with Crippen molar-refractivity contribution in [2.75, 3.05) is 5.32 Å². The lowest BCUT2D eigenvalue weighted by atomic mass is 10.0. The van der Waals surface area contributed by atoms with Crippen LogP contribution in [0.25, 0.3) is 5.69 Å². The Hall–Kier alpha value is -2.90. The van der Waals surface area contributed by atoms with E-state index in [4.69, 9.17) is 0 Å². The Morgan fingerprint density at radius 2 is 2.00 bits per heavy atom. The highest BCUT2D eigenvalue weighted by atomic mass is 19.1. The molecule has 1 aliphatic rings. The Morgan fingerprint density at radius 3 is 2.69 bits per heavy atom. The Kier molecular flexibility index (Phi) is 4.32. The van der Waals surface area contributed by atoms with E-state index in [9.17, 15) is 9.50 Å². The van der Waals surface area contributed by atoms with Crippen LogP contribution in [0, 0.1) is 12.7 Å². The molecule has 26 heavy (non-hydrogen) atoms. The number of anilines is 1. The number of phenolic OH excluding ortho intramolecular Hbond substituents is 1. The average molecular weight is 353 g/mol. The van der Waals surface area contributed by atoms with E-state index < -0.39 is 0 Å². The quantitative estimate of drug-likeness (QED) is 0.543. The molecule has 1 saturated heterocycles. The van der Waals surface area contributed by atoms with Gasteiger partial charge in [0.05, 0.1) is 24.2 Å². The van der Waals surface area contributed by atoms with Crippen LogP contribution in [-0.2, 0) is 0 Å². The maximum Gasteiger partial charge on any atom is 0.161 e. The molecule has 7 heteroatoms. The highest BCUT2D eigenvalue weighted by molar-refractivity contribution is 5.54. The summed E-state index contributed by atoms with van der Waals surface area (Å²) in [6.45, 7) is 1.96. The molecule has 0 radical (unpaired) electrons. The highest BCUT2D eigenvalue weighted by Gasteiger charge is 2.25. The van der Waals surface area contributed by atoms with Crippen molar-refractivity contribution in [3.63, 3.8) is 0 Å². The van der Waals surface area contributed by atoms with E-state index in [1.807, 2.05) is 37.3 Å². The van der Waals surface area contributed by atoms with Gasteiger partial charge in [-0.05, 0) is 48.4 Å². The summed E-state index contributed by atoms with van der Waals surface area (Å²) in [6.07, 6.45) is 3.47. The molecule has 0 spiro atoms. The van der Waals surface area contributed by atoms with Crippen molar-refractivity contribution in [2.24, 2.45) is 0 Å². The van der Waals surface area contributed by atoms with Crippen molar-refractivity contribution in [2.45, 2.75) is 25.6 Å². The zero-order valence-corrected chi connectivity index (χ0v) is 14.3. The van der Waals surface area contributed by atoms with Gasteiger partial charge in [-0.3, -0.25) is 0 Å². The number of aromatic nitrogens is 2. The molecule has 1 fully saturated rings. The number of rotatable bonds is 4. The molecule has 0 aliphatic carbocycles. The Labute approximate surface area is 150 Å². The Balaban J connectivity index is 1.42. The van der Waals surface area contributed by atoms with Crippen molar-refractivity contribution in [3.8, 4) is 11.4 Å². The van der Waals surface area contributed by atoms with Gasteiger partial charge in [-0.1, -0.05) is 12.1 Å². The third kappa shape index (κ3) is 3.40. The number of halogens is 1. The van der Waals surface area contributed by atoms with Gasteiger partial charge in [-0.25, -0.2) is 19.9 Å². The largest absolute Gasteiger partial charge is 0.508 e. The number of hydrogen-bond donors (Lipinski definition) is 4. The molecule has 0 saturated carbocycles. The number of hydrogen-bond acceptors (Lipinski definition) is 5. The van der Waals surface area contributed by atoms with Gasteiger partial charge < -0.3 is 10.4 Å². The van der Waals surface area contributed by atoms with Gasteiger partial charge in [0.1, 0.15) is 5.75 Å². The van der Waals surface area contributed by atoms with Crippen LogP contribution in [0.1, 0.15) is 23.6 Å². The van der Waals surface area contributed by atoms with Crippen LogP contribution in [0.3, 0.4) is 0 Å². The van der Waals surface area contributed by atoms with Crippen molar-refractivity contribution in [1.82, 2.24) is 20.6 Å². The Morgan fingerprint density at radius 1 is 1.19 bits per heavy atom. The maximum absolute atomic E-state index is 13.1. The lowest BCUT2D eigenvalue weighted by molar-refractivity contribution is 0.475. The van der Waals surface area contributed by atoms with E-state index in [-0.39, 0.29) is 23.8 Å². The number of nitrogens with one attached hydrogen (secondary N) is 3. The summed E-state index contributed by atoms with van der Waals surface area (Å²) in [4.78, 5) is 0. The molecule has 0 amide bonds. The summed E-state index contributed by atoms with van der Waals surface area (Å²) in [5, 5.41) is 16.9. The Bertz CT molecular complexity index is 909. The van der Waals surface area contributed by atoms with Crippen LogP contribution < -0.4 is 16.2 Å². The molecular formula is C19H20FN5O. The third-order valence-corrected chi connectivity index (χ3v) is 4.55. The first-order valence-corrected chi connectivity index (χ1v) is 8.46. The predicted molar refractivity (Wildman–Crippen MR) is 97.4 cm³/mol. The standard InChI is InChI=1S/C19H20FN5O/c1-12-8-16(26)6-7-17(12)22-19-9-18(23-24-19)13-2-4-15(5-3-13)25-11-14(20)10-21-25/h2-8,10-11,18-19,22-24,26H,9H2,1H3. The summed E-state index contributed by atoms with van der Waals surface area (Å²) < 4.78 is 14.6. The van der Waals surface area contributed by atoms with E-state index in [0.29, 0.717) is 0 Å². The van der Waals surface area contributed by atoms with E-state index in [1.165, 1.54) is 17.1 Å². The normalized spacial score (nSPS) is 19.6. The topological polar surface area (TPSA) is 74.1 Å². The lowest BCUT2D eigenvalue weighted by Gasteiger charge is -2.16. The minimum Gasteiger partial charge on any atom is -0.508 e. The molecule has 2 heterocycles. The zero-order chi connectivity index (χ0) is 18.1. The fourth-order valence-corrected chi connectivity index (χ4v) is 3.17. The molecule has 0 bridgehead atoms. The lowest BCUT2D eigenvalue weighted by Crippen LogP contribution is -2.36. The molecular weight excluding hydrogens is 333 g/mol. The number of nitrogens with zero attached hydrogens (tertiary/aromatic N) is 2. The second-order valence-corrected chi connectivity index (χ2v) is 6.47. The smallest absolute Gasteiger partial charge is 0.161 e. The van der Waals surface area contributed by atoms with Crippen molar-refractivity contribution in [3.05, 3.63) is 71.8 Å².